The van der Waals surface area contributed by atoms with Crippen molar-refractivity contribution in [2.75, 3.05) is 13.2 Å². The Morgan fingerprint density at radius 2 is 1.73 bits per heavy atom. The lowest BCUT2D eigenvalue weighted by Crippen LogP contribution is -2.32. The van der Waals surface area contributed by atoms with E-state index in [1.54, 1.807) is 13.8 Å². The molecule has 0 saturated heterocycles. The molecule has 1 aromatic rings. The third-order valence-corrected chi connectivity index (χ3v) is 4.76. The van der Waals surface area contributed by atoms with Crippen LogP contribution in [0.15, 0.2) is 30.3 Å². The smallest absolute Gasteiger partial charge is 0.287 e. The van der Waals surface area contributed by atoms with Crippen LogP contribution in [-0.2, 0) is 24.6 Å². The van der Waals surface area contributed by atoms with Gasteiger partial charge in [-0.2, -0.15) is 5.26 Å². The summed E-state index contributed by atoms with van der Waals surface area (Å²) in [5.41, 5.74) is 0.541. The number of phosphoric acid groups is 1. The molecule has 0 aliphatic rings. The van der Waals surface area contributed by atoms with Gasteiger partial charge in [0, 0.05) is 5.41 Å². The van der Waals surface area contributed by atoms with Gasteiger partial charge in [-0.1, -0.05) is 44.2 Å². The van der Waals surface area contributed by atoms with E-state index in [0.29, 0.717) is 6.42 Å². The Labute approximate surface area is 132 Å². The van der Waals surface area contributed by atoms with Gasteiger partial charge in [0.2, 0.25) is 0 Å². The van der Waals surface area contributed by atoms with Crippen LogP contribution in [0.3, 0.4) is 0 Å². The van der Waals surface area contributed by atoms with Gasteiger partial charge >= 0.3 is 7.82 Å². The minimum Gasteiger partial charge on any atom is -0.287 e. The lowest BCUT2D eigenvalue weighted by Gasteiger charge is -2.31. The number of nitriles is 1. The molecule has 5 nitrogen and oxygen atoms in total. The molecule has 0 radical (unpaired) electrons. The Kier molecular flexibility index (Phi) is 7.25. The Balaban J connectivity index is 2.89. The van der Waals surface area contributed by atoms with Crippen molar-refractivity contribution in [2.45, 2.75) is 40.2 Å². The van der Waals surface area contributed by atoms with E-state index in [9.17, 15) is 9.83 Å². The van der Waals surface area contributed by atoms with E-state index in [4.69, 9.17) is 13.6 Å². The molecule has 0 amide bonds. The zero-order valence-electron chi connectivity index (χ0n) is 13.6. The number of hydrogen-bond acceptors (Lipinski definition) is 5. The van der Waals surface area contributed by atoms with Gasteiger partial charge in [-0.25, -0.2) is 4.57 Å². The highest BCUT2D eigenvalue weighted by Gasteiger charge is 2.38. The molecule has 0 aromatic heterocycles. The summed E-state index contributed by atoms with van der Waals surface area (Å²) in [7, 11) is -3.72. The molecule has 1 rings (SSSR count). The summed E-state index contributed by atoms with van der Waals surface area (Å²) in [5.74, 6) is 0. The van der Waals surface area contributed by atoms with E-state index in [1.165, 1.54) is 0 Å². The number of nitrogens with zero attached hydrogens (tertiary/aromatic N) is 1. The summed E-state index contributed by atoms with van der Waals surface area (Å²) >= 11 is 0. The second kappa shape index (κ2) is 8.45. The van der Waals surface area contributed by atoms with Crippen molar-refractivity contribution < 1.29 is 18.1 Å². The molecule has 0 aliphatic carbocycles. The van der Waals surface area contributed by atoms with E-state index in [-0.39, 0.29) is 13.2 Å². The van der Waals surface area contributed by atoms with Crippen LogP contribution in [0.5, 0.6) is 0 Å². The Hall–Kier alpha value is -1.18. The fourth-order valence-corrected chi connectivity index (χ4v) is 3.52. The van der Waals surface area contributed by atoms with Crippen LogP contribution in [0.25, 0.3) is 0 Å². The van der Waals surface area contributed by atoms with Crippen molar-refractivity contribution in [2.24, 2.45) is 5.41 Å². The first-order valence-electron chi connectivity index (χ1n) is 7.38. The summed E-state index contributed by atoms with van der Waals surface area (Å²) in [6, 6.07) is 11.9. The normalized spacial score (nSPS) is 13.6. The van der Waals surface area contributed by atoms with Crippen LogP contribution < -0.4 is 0 Å². The SMILES string of the molecule is CCOP(=O)(OCC)O[C@@H](C#N)C(C)(C)Cc1ccccc1. The second-order valence-electron chi connectivity index (χ2n) is 5.55. The van der Waals surface area contributed by atoms with Crippen LogP contribution in [0, 0.1) is 16.7 Å². The highest BCUT2D eigenvalue weighted by molar-refractivity contribution is 7.48. The molecule has 122 valence electrons. The van der Waals surface area contributed by atoms with Gasteiger partial charge in [-0.15, -0.1) is 0 Å². The van der Waals surface area contributed by atoms with Gasteiger partial charge in [-0.05, 0) is 25.8 Å². The third kappa shape index (κ3) is 5.55. The van der Waals surface area contributed by atoms with Gasteiger partial charge in [0.1, 0.15) is 0 Å². The minimum absolute atomic E-state index is 0.189. The fourth-order valence-electron chi connectivity index (χ4n) is 2.10. The monoisotopic (exact) mass is 325 g/mol. The first-order valence-corrected chi connectivity index (χ1v) is 8.84. The minimum atomic E-state index is -3.72. The highest BCUT2D eigenvalue weighted by atomic mass is 31.2. The summed E-state index contributed by atoms with van der Waals surface area (Å²) < 4.78 is 28.1. The molecule has 0 N–H and O–H groups in total. The number of phosphoric ester groups is 1. The average molecular weight is 325 g/mol. The lowest BCUT2D eigenvalue weighted by molar-refractivity contribution is 0.0515. The lowest BCUT2D eigenvalue weighted by atomic mass is 9.81. The van der Waals surface area contributed by atoms with Crippen LogP contribution >= 0.6 is 7.82 Å². The van der Waals surface area contributed by atoms with Gasteiger partial charge in [0.15, 0.2) is 6.10 Å². The molecule has 22 heavy (non-hydrogen) atoms. The Morgan fingerprint density at radius 1 is 1.18 bits per heavy atom. The summed E-state index contributed by atoms with van der Waals surface area (Å²) in [5, 5.41) is 9.43. The molecule has 0 saturated carbocycles. The molecule has 1 aromatic carbocycles. The molecule has 0 spiro atoms. The Morgan fingerprint density at radius 3 is 2.18 bits per heavy atom. The highest BCUT2D eigenvalue weighted by Crippen LogP contribution is 2.52. The first kappa shape index (κ1) is 18.9. The van der Waals surface area contributed by atoms with E-state index >= 15 is 0 Å². The quantitative estimate of drug-likeness (QED) is 0.632. The van der Waals surface area contributed by atoms with Crippen LogP contribution in [0.2, 0.25) is 0 Å². The molecule has 6 heteroatoms. The first-order chi connectivity index (χ1) is 10.4. The zero-order valence-corrected chi connectivity index (χ0v) is 14.5. The van der Waals surface area contributed by atoms with Gasteiger partial charge in [0.05, 0.1) is 19.3 Å². The summed E-state index contributed by atoms with van der Waals surface area (Å²) in [4.78, 5) is 0. The van der Waals surface area contributed by atoms with Crippen molar-refractivity contribution in [3.63, 3.8) is 0 Å². The van der Waals surface area contributed by atoms with Gasteiger partial charge in [0.25, 0.3) is 0 Å². The van der Waals surface area contributed by atoms with Crippen LogP contribution in [0.1, 0.15) is 33.3 Å². The molecule has 0 heterocycles. The molecule has 0 unspecified atom stereocenters. The van der Waals surface area contributed by atoms with E-state index in [0.717, 1.165) is 5.56 Å². The fraction of sp³-hybridized carbons (Fsp3) is 0.562. The van der Waals surface area contributed by atoms with Crippen LogP contribution in [-0.4, -0.2) is 19.3 Å². The van der Waals surface area contributed by atoms with E-state index < -0.39 is 19.3 Å². The maximum Gasteiger partial charge on any atom is 0.476 e. The van der Waals surface area contributed by atoms with Crippen LogP contribution in [0.4, 0.5) is 0 Å². The molecule has 1 atom stereocenters. The van der Waals surface area contributed by atoms with Crippen molar-refractivity contribution in [1.82, 2.24) is 0 Å². The largest absolute Gasteiger partial charge is 0.476 e. The van der Waals surface area contributed by atoms with Crippen molar-refractivity contribution in [3.05, 3.63) is 35.9 Å². The number of rotatable bonds is 9. The average Bonchev–Trinajstić information content (AvgIpc) is 2.46. The number of hydrogen-bond donors (Lipinski definition) is 0. The van der Waals surface area contributed by atoms with E-state index in [2.05, 4.69) is 6.07 Å². The predicted molar refractivity (Wildman–Crippen MR) is 85.3 cm³/mol. The molecule has 0 fully saturated rings. The van der Waals surface area contributed by atoms with E-state index in [1.807, 2.05) is 44.2 Å². The zero-order chi connectivity index (χ0) is 16.6. The third-order valence-electron chi connectivity index (χ3n) is 3.14. The predicted octanol–water partition coefficient (Wildman–Crippen LogP) is 4.35. The Bertz CT molecular complexity index is 529. The number of benzene rings is 1. The maximum absolute atomic E-state index is 12.5. The van der Waals surface area contributed by atoms with Gasteiger partial charge < -0.3 is 0 Å². The molecular weight excluding hydrogens is 301 g/mol. The molecule has 0 bridgehead atoms. The topological polar surface area (TPSA) is 68.6 Å². The van der Waals surface area contributed by atoms with Gasteiger partial charge in [-0.3, -0.25) is 13.6 Å². The van der Waals surface area contributed by atoms with Crippen molar-refractivity contribution in [3.8, 4) is 6.07 Å². The van der Waals surface area contributed by atoms with Crippen molar-refractivity contribution in [1.29, 1.82) is 5.26 Å². The van der Waals surface area contributed by atoms with Crippen molar-refractivity contribution >= 4 is 7.82 Å². The second-order valence-corrected chi connectivity index (χ2v) is 7.17. The molecular formula is C16H24NO4P. The maximum atomic E-state index is 12.5. The standard InChI is InChI=1S/C16H24NO4P/c1-5-19-22(18,20-6-2)21-15(13-17)16(3,4)12-14-10-8-7-9-11-14/h7-11,15H,5-6,12H2,1-4H3/t15-/m0/s1. The summed E-state index contributed by atoms with van der Waals surface area (Å²) in [6.07, 6.45) is -0.290. The summed E-state index contributed by atoms with van der Waals surface area (Å²) in [6.45, 7) is 7.58. The molecule has 0 aliphatic heterocycles.